The Morgan fingerprint density at radius 2 is 2.00 bits per heavy atom. The van der Waals surface area contributed by atoms with Gasteiger partial charge in [-0.05, 0) is 18.9 Å². The zero-order valence-corrected chi connectivity index (χ0v) is 12.7. The molecule has 0 aromatic heterocycles. The van der Waals surface area contributed by atoms with Crippen molar-refractivity contribution in [2.75, 3.05) is 0 Å². The molecular weight excluding hydrogens is 313 g/mol. The minimum atomic E-state index is -4.38. The van der Waals surface area contributed by atoms with Crippen molar-refractivity contribution in [3.8, 4) is 0 Å². The summed E-state index contributed by atoms with van der Waals surface area (Å²) in [5, 5.41) is 6.94. The molecule has 0 spiro atoms. The molecule has 2 rings (SSSR count). The van der Waals surface area contributed by atoms with Gasteiger partial charge >= 0.3 is 6.18 Å². The summed E-state index contributed by atoms with van der Waals surface area (Å²) >= 11 is 0. The van der Waals surface area contributed by atoms with E-state index in [1.165, 1.54) is 0 Å². The van der Waals surface area contributed by atoms with Crippen LogP contribution in [0.25, 0.3) is 0 Å². The van der Waals surface area contributed by atoms with E-state index in [1.807, 2.05) is 19.4 Å². The molecule has 9 heteroatoms. The number of ether oxygens (including phenoxy) is 1. The van der Waals surface area contributed by atoms with Crippen molar-refractivity contribution in [2.45, 2.75) is 44.6 Å². The number of hydrogen-bond donors (Lipinski definition) is 2. The van der Waals surface area contributed by atoms with Gasteiger partial charge in [0.1, 0.15) is 6.04 Å². The molecule has 1 aliphatic rings. The zero-order chi connectivity index (χ0) is 17.3. The van der Waals surface area contributed by atoms with Gasteiger partial charge in [0.05, 0.1) is 6.10 Å². The Morgan fingerprint density at radius 1 is 1.35 bits per heavy atom. The SMILES string of the molecule is CCC(C)OC=O.FC(F)(F)C1NNN=NC1c1ccccc1. The number of halogens is 3. The highest BCUT2D eigenvalue weighted by molar-refractivity contribution is 5.37. The van der Waals surface area contributed by atoms with Crippen LogP contribution in [0, 0.1) is 0 Å². The van der Waals surface area contributed by atoms with E-state index in [0.717, 1.165) is 6.42 Å². The van der Waals surface area contributed by atoms with E-state index in [9.17, 15) is 18.0 Å². The van der Waals surface area contributed by atoms with Crippen LogP contribution in [0.3, 0.4) is 0 Å². The Bertz CT molecular complexity index is 497. The molecule has 1 aromatic rings. The average Bonchev–Trinajstić information content (AvgIpc) is 2.55. The van der Waals surface area contributed by atoms with Crippen LogP contribution in [0.1, 0.15) is 31.9 Å². The van der Waals surface area contributed by atoms with Gasteiger partial charge in [0.15, 0.2) is 6.04 Å². The third kappa shape index (κ3) is 6.23. The molecule has 128 valence electrons. The number of alkyl halides is 3. The largest absolute Gasteiger partial charge is 0.465 e. The van der Waals surface area contributed by atoms with Crippen LogP contribution in [0.4, 0.5) is 13.2 Å². The average molecular weight is 332 g/mol. The summed E-state index contributed by atoms with van der Waals surface area (Å²) in [6, 6.07) is 5.43. The first-order valence-electron chi connectivity index (χ1n) is 7.01. The lowest BCUT2D eigenvalue weighted by Gasteiger charge is -2.28. The van der Waals surface area contributed by atoms with Gasteiger partial charge in [-0.15, -0.1) is 0 Å². The van der Waals surface area contributed by atoms with Crippen molar-refractivity contribution in [2.24, 2.45) is 10.3 Å². The molecule has 23 heavy (non-hydrogen) atoms. The lowest BCUT2D eigenvalue weighted by Crippen LogP contribution is -2.52. The molecule has 3 atom stereocenters. The van der Waals surface area contributed by atoms with Gasteiger partial charge in [-0.25, -0.2) is 11.0 Å². The second kappa shape index (κ2) is 9.09. The van der Waals surface area contributed by atoms with Gasteiger partial charge in [-0.1, -0.05) is 42.5 Å². The topological polar surface area (TPSA) is 75.1 Å². The van der Waals surface area contributed by atoms with E-state index in [1.54, 1.807) is 30.3 Å². The predicted molar refractivity (Wildman–Crippen MR) is 77.1 cm³/mol. The lowest BCUT2D eigenvalue weighted by molar-refractivity contribution is -0.167. The molecule has 0 saturated carbocycles. The molecule has 3 unspecified atom stereocenters. The molecule has 6 nitrogen and oxygen atoms in total. The van der Waals surface area contributed by atoms with Gasteiger partial charge in [-0.3, -0.25) is 4.79 Å². The monoisotopic (exact) mass is 332 g/mol. The summed E-state index contributed by atoms with van der Waals surface area (Å²) in [5.74, 6) is 0. The summed E-state index contributed by atoms with van der Waals surface area (Å²) in [6.07, 6.45) is -3.41. The summed E-state index contributed by atoms with van der Waals surface area (Å²) in [5.41, 5.74) is 4.58. The molecule has 0 radical (unpaired) electrons. The lowest BCUT2D eigenvalue weighted by atomic mass is 10.00. The minimum absolute atomic E-state index is 0.0810. The highest BCUT2D eigenvalue weighted by Crippen LogP contribution is 2.33. The van der Waals surface area contributed by atoms with E-state index >= 15 is 0 Å². The standard InChI is InChI=1S/C9H9F3N4.C5H10O2/c10-9(11,12)8-7(13-15-16-14-8)6-4-2-1-3-5-6;1-3-5(2)7-4-6/h1-5,7-8H,(H,13,16)(H,14,15);4-5H,3H2,1-2H3. The van der Waals surface area contributed by atoms with Crippen molar-refractivity contribution >= 4 is 6.47 Å². The fourth-order valence-electron chi connectivity index (χ4n) is 1.70. The first-order valence-corrected chi connectivity index (χ1v) is 7.01. The van der Waals surface area contributed by atoms with Crippen molar-refractivity contribution in [3.05, 3.63) is 35.9 Å². The highest BCUT2D eigenvalue weighted by Gasteiger charge is 2.47. The van der Waals surface area contributed by atoms with Crippen molar-refractivity contribution < 1.29 is 22.7 Å². The van der Waals surface area contributed by atoms with Crippen LogP contribution in [-0.4, -0.2) is 24.8 Å². The van der Waals surface area contributed by atoms with Crippen molar-refractivity contribution in [1.29, 1.82) is 0 Å². The van der Waals surface area contributed by atoms with E-state index in [-0.39, 0.29) is 6.10 Å². The zero-order valence-electron chi connectivity index (χ0n) is 12.7. The maximum absolute atomic E-state index is 12.7. The second-order valence-electron chi connectivity index (χ2n) is 4.80. The maximum Gasteiger partial charge on any atom is 0.408 e. The summed E-state index contributed by atoms with van der Waals surface area (Å²) in [6.45, 7) is 4.30. The number of hydrazine groups is 1. The van der Waals surface area contributed by atoms with E-state index < -0.39 is 18.3 Å². The van der Waals surface area contributed by atoms with E-state index in [2.05, 4.69) is 20.5 Å². The molecule has 0 saturated heterocycles. The Hall–Kier alpha value is -2.16. The summed E-state index contributed by atoms with van der Waals surface area (Å²) in [4.78, 5) is 9.55. The third-order valence-electron chi connectivity index (χ3n) is 3.12. The third-order valence-corrected chi connectivity index (χ3v) is 3.12. The molecule has 1 aliphatic heterocycles. The van der Waals surface area contributed by atoms with Crippen LogP contribution >= 0.6 is 0 Å². The number of nitrogens with zero attached hydrogens (tertiary/aromatic N) is 2. The highest BCUT2D eigenvalue weighted by atomic mass is 19.4. The maximum atomic E-state index is 12.7. The fourth-order valence-corrected chi connectivity index (χ4v) is 1.70. The van der Waals surface area contributed by atoms with Crippen LogP contribution < -0.4 is 11.0 Å². The van der Waals surface area contributed by atoms with Gasteiger partial charge in [0.2, 0.25) is 0 Å². The van der Waals surface area contributed by atoms with E-state index in [4.69, 9.17) is 0 Å². The van der Waals surface area contributed by atoms with Crippen molar-refractivity contribution in [1.82, 2.24) is 11.0 Å². The van der Waals surface area contributed by atoms with Gasteiger partial charge in [0.25, 0.3) is 6.47 Å². The first-order chi connectivity index (χ1) is 10.9. The van der Waals surface area contributed by atoms with Crippen LogP contribution in [-0.2, 0) is 9.53 Å². The Kier molecular flexibility index (Phi) is 7.46. The summed E-state index contributed by atoms with van der Waals surface area (Å²) in [7, 11) is 0. The Morgan fingerprint density at radius 3 is 2.48 bits per heavy atom. The van der Waals surface area contributed by atoms with Gasteiger partial charge in [0, 0.05) is 0 Å². The summed E-state index contributed by atoms with van der Waals surface area (Å²) < 4.78 is 42.5. The number of rotatable bonds is 4. The van der Waals surface area contributed by atoms with Crippen LogP contribution in [0.15, 0.2) is 40.7 Å². The number of carbonyl (C=O) groups is 1. The molecule has 0 fully saturated rings. The number of benzene rings is 1. The molecule has 2 N–H and O–H groups in total. The molecule has 0 amide bonds. The quantitative estimate of drug-likeness (QED) is 0.831. The van der Waals surface area contributed by atoms with Crippen molar-refractivity contribution in [3.63, 3.8) is 0 Å². The Labute approximate surface area is 132 Å². The molecular formula is C14H19F3N4O2. The van der Waals surface area contributed by atoms with Gasteiger partial charge in [-0.2, -0.15) is 18.3 Å². The fraction of sp³-hybridized carbons (Fsp3) is 0.500. The van der Waals surface area contributed by atoms with Gasteiger partial charge < -0.3 is 4.74 Å². The van der Waals surface area contributed by atoms with E-state index in [0.29, 0.717) is 12.0 Å². The number of carbonyl (C=O) groups excluding carboxylic acids is 1. The molecule has 1 aromatic carbocycles. The smallest absolute Gasteiger partial charge is 0.408 e. The predicted octanol–water partition coefficient (Wildman–Crippen LogP) is 3.09. The van der Waals surface area contributed by atoms with Crippen LogP contribution in [0.5, 0.6) is 0 Å². The normalized spacial score (nSPS) is 21.4. The Balaban J connectivity index is 0.000000322. The minimum Gasteiger partial charge on any atom is -0.465 e. The number of nitrogens with one attached hydrogen (secondary N) is 2. The van der Waals surface area contributed by atoms with Crippen LogP contribution in [0.2, 0.25) is 0 Å². The molecule has 0 aliphatic carbocycles. The number of hydrogen-bond acceptors (Lipinski definition) is 6. The first kappa shape index (κ1) is 18.9. The molecule has 1 heterocycles. The molecule has 0 bridgehead atoms. The second-order valence-corrected chi connectivity index (χ2v) is 4.80.